The molecular formula is C26H30N2O4S. The van der Waals surface area contributed by atoms with Gasteiger partial charge in [0.15, 0.2) is 0 Å². The van der Waals surface area contributed by atoms with E-state index in [2.05, 4.69) is 24.4 Å². The molecule has 0 saturated carbocycles. The van der Waals surface area contributed by atoms with E-state index in [9.17, 15) is 13.2 Å². The summed E-state index contributed by atoms with van der Waals surface area (Å²) in [6, 6.07) is 19.8. The highest BCUT2D eigenvalue weighted by Crippen LogP contribution is 2.26. The van der Waals surface area contributed by atoms with E-state index in [0.717, 1.165) is 27.3 Å². The van der Waals surface area contributed by atoms with Crippen molar-refractivity contribution in [3.63, 3.8) is 0 Å². The van der Waals surface area contributed by atoms with Gasteiger partial charge in [-0.15, -0.1) is 0 Å². The van der Waals surface area contributed by atoms with Gasteiger partial charge in [-0.25, -0.2) is 8.42 Å². The lowest BCUT2D eigenvalue weighted by Crippen LogP contribution is -2.41. The van der Waals surface area contributed by atoms with E-state index >= 15 is 0 Å². The summed E-state index contributed by atoms with van der Waals surface area (Å²) in [6.45, 7) is 7.67. The van der Waals surface area contributed by atoms with Crippen LogP contribution in [0.4, 0.5) is 5.69 Å². The molecule has 0 heterocycles. The van der Waals surface area contributed by atoms with E-state index in [0.29, 0.717) is 17.2 Å². The molecule has 174 valence electrons. The summed E-state index contributed by atoms with van der Waals surface area (Å²) in [5.41, 5.74) is 4.83. The number of carbonyl (C=O) groups excluding carboxylic acids is 1. The zero-order chi connectivity index (χ0) is 24.2. The first kappa shape index (κ1) is 24.3. The molecule has 0 aliphatic rings. The highest BCUT2D eigenvalue weighted by atomic mass is 32.2. The minimum Gasteiger partial charge on any atom is -0.457 e. The second-order valence-electron chi connectivity index (χ2n) is 8.26. The number of hydrogen-bond donors (Lipinski definition) is 1. The Labute approximate surface area is 196 Å². The van der Waals surface area contributed by atoms with Crippen molar-refractivity contribution >= 4 is 21.6 Å². The lowest BCUT2D eigenvalue weighted by molar-refractivity contribution is -0.120. The van der Waals surface area contributed by atoms with Crippen LogP contribution in [-0.4, -0.2) is 27.1 Å². The molecule has 1 atom stereocenters. The van der Waals surface area contributed by atoms with Gasteiger partial charge >= 0.3 is 0 Å². The van der Waals surface area contributed by atoms with Crippen LogP contribution in [0.5, 0.6) is 11.5 Å². The molecule has 0 saturated heterocycles. The van der Waals surface area contributed by atoms with Crippen molar-refractivity contribution < 1.29 is 17.9 Å². The average Bonchev–Trinajstić information content (AvgIpc) is 2.75. The highest BCUT2D eigenvalue weighted by molar-refractivity contribution is 7.92. The Bertz CT molecular complexity index is 1220. The number of nitrogens with zero attached hydrogens (tertiary/aromatic N) is 1. The molecule has 33 heavy (non-hydrogen) atoms. The molecule has 3 rings (SSSR count). The lowest BCUT2D eigenvalue weighted by atomic mass is 9.96. The molecule has 0 unspecified atom stereocenters. The van der Waals surface area contributed by atoms with Crippen molar-refractivity contribution in [3.05, 3.63) is 89.0 Å². The van der Waals surface area contributed by atoms with Crippen molar-refractivity contribution in [3.8, 4) is 11.5 Å². The van der Waals surface area contributed by atoms with Crippen LogP contribution in [0.15, 0.2) is 66.7 Å². The number of sulfonamides is 1. The van der Waals surface area contributed by atoms with Crippen LogP contribution in [0.2, 0.25) is 0 Å². The van der Waals surface area contributed by atoms with Gasteiger partial charge in [0, 0.05) is 0 Å². The normalized spacial score (nSPS) is 12.2. The van der Waals surface area contributed by atoms with Gasteiger partial charge in [0.1, 0.15) is 18.0 Å². The molecule has 6 nitrogen and oxygen atoms in total. The third kappa shape index (κ3) is 6.35. The largest absolute Gasteiger partial charge is 0.457 e. The van der Waals surface area contributed by atoms with Crippen molar-refractivity contribution in [1.82, 2.24) is 5.32 Å². The first-order valence-electron chi connectivity index (χ1n) is 10.7. The predicted molar refractivity (Wildman–Crippen MR) is 132 cm³/mol. The topological polar surface area (TPSA) is 75.7 Å². The number of nitrogens with one attached hydrogen (secondary N) is 1. The van der Waals surface area contributed by atoms with Crippen molar-refractivity contribution in [1.29, 1.82) is 0 Å². The zero-order valence-electron chi connectivity index (χ0n) is 19.6. The number of para-hydroxylation sites is 1. The fourth-order valence-corrected chi connectivity index (χ4v) is 4.51. The van der Waals surface area contributed by atoms with Gasteiger partial charge in [0.25, 0.3) is 0 Å². The van der Waals surface area contributed by atoms with E-state index in [1.54, 1.807) is 24.3 Å². The van der Waals surface area contributed by atoms with E-state index in [4.69, 9.17) is 4.74 Å². The number of amides is 1. The summed E-state index contributed by atoms with van der Waals surface area (Å²) >= 11 is 0. The fraction of sp³-hybridized carbons (Fsp3) is 0.269. The monoisotopic (exact) mass is 466 g/mol. The number of carbonyl (C=O) groups is 1. The summed E-state index contributed by atoms with van der Waals surface area (Å²) in [7, 11) is -3.67. The maximum absolute atomic E-state index is 12.8. The number of anilines is 1. The van der Waals surface area contributed by atoms with Gasteiger partial charge in [-0.05, 0) is 86.3 Å². The molecule has 3 aromatic rings. The predicted octanol–water partition coefficient (Wildman–Crippen LogP) is 5.05. The Kier molecular flexibility index (Phi) is 7.43. The second-order valence-corrected chi connectivity index (χ2v) is 10.2. The van der Waals surface area contributed by atoms with Crippen LogP contribution in [-0.2, 0) is 14.8 Å². The summed E-state index contributed by atoms with van der Waals surface area (Å²) in [6.07, 6.45) is 1.09. The number of hydrogen-bond acceptors (Lipinski definition) is 4. The number of rotatable bonds is 8. The maximum atomic E-state index is 12.8. The Hall–Kier alpha value is -3.32. The summed E-state index contributed by atoms with van der Waals surface area (Å²) < 4.78 is 31.8. The van der Waals surface area contributed by atoms with Crippen LogP contribution >= 0.6 is 0 Å². The van der Waals surface area contributed by atoms with Gasteiger partial charge < -0.3 is 10.1 Å². The van der Waals surface area contributed by atoms with Crippen LogP contribution in [0.3, 0.4) is 0 Å². The van der Waals surface area contributed by atoms with Crippen molar-refractivity contribution in [2.45, 2.75) is 33.7 Å². The van der Waals surface area contributed by atoms with Crippen LogP contribution < -0.4 is 14.4 Å². The van der Waals surface area contributed by atoms with E-state index in [1.807, 2.05) is 51.1 Å². The number of ether oxygens (including phenoxy) is 1. The average molecular weight is 467 g/mol. The second kappa shape index (κ2) is 10.1. The molecule has 1 N–H and O–H groups in total. The summed E-state index contributed by atoms with van der Waals surface area (Å²) in [5, 5.41) is 2.93. The molecule has 0 aliphatic heterocycles. The van der Waals surface area contributed by atoms with E-state index < -0.39 is 10.0 Å². The molecule has 7 heteroatoms. The summed E-state index contributed by atoms with van der Waals surface area (Å²) in [4.78, 5) is 12.8. The first-order valence-corrected chi connectivity index (χ1v) is 12.6. The molecule has 3 aromatic carbocycles. The molecular weight excluding hydrogens is 436 g/mol. The van der Waals surface area contributed by atoms with Gasteiger partial charge in [-0.2, -0.15) is 0 Å². The zero-order valence-corrected chi connectivity index (χ0v) is 20.4. The van der Waals surface area contributed by atoms with Crippen LogP contribution in [0.25, 0.3) is 0 Å². The standard InChI is InChI=1S/C26H30N2O4S/c1-18-15-20(3)25(16-19(18)2)21(4)27-26(29)17-28(33(5,30)31)22-11-13-24(14-12-22)32-23-9-7-6-8-10-23/h6-16,21H,17H2,1-5H3,(H,27,29)/t21-/m0/s1. The Morgan fingerprint density at radius 3 is 2.09 bits per heavy atom. The van der Waals surface area contributed by atoms with Crippen molar-refractivity contribution in [2.75, 3.05) is 17.1 Å². The third-order valence-corrected chi connectivity index (χ3v) is 6.66. The molecule has 0 spiro atoms. The SMILES string of the molecule is Cc1cc(C)c([C@H](C)NC(=O)CN(c2ccc(Oc3ccccc3)cc2)S(C)(=O)=O)cc1C. The van der Waals surface area contributed by atoms with Crippen LogP contribution in [0, 0.1) is 20.8 Å². The number of benzene rings is 3. The molecule has 0 aliphatic carbocycles. The molecule has 1 amide bonds. The quantitative estimate of drug-likeness (QED) is 0.504. The highest BCUT2D eigenvalue weighted by Gasteiger charge is 2.22. The minimum atomic E-state index is -3.67. The van der Waals surface area contributed by atoms with Gasteiger partial charge in [-0.1, -0.05) is 30.3 Å². The summed E-state index contributed by atoms with van der Waals surface area (Å²) in [5.74, 6) is 0.872. The number of aryl methyl sites for hydroxylation is 3. The smallest absolute Gasteiger partial charge is 0.241 e. The lowest BCUT2D eigenvalue weighted by Gasteiger charge is -2.24. The third-order valence-electron chi connectivity index (χ3n) is 5.52. The van der Waals surface area contributed by atoms with Gasteiger partial charge in [0.2, 0.25) is 15.9 Å². The minimum absolute atomic E-state index is 0.250. The fourth-order valence-electron chi connectivity index (χ4n) is 3.65. The molecule has 0 radical (unpaired) electrons. The molecule has 0 fully saturated rings. The Balaban J connectivity index is 1.73. The first-order chi connectivity index (χ1) is 15.5. The Morgan fingerprint density at radius 2 is 1.48 bits per heavy atom. The van der Waals surface area contributed by atoms with Crippen molar-refractivity contribution in [2.24, 2.45) is 0 Å². The van der Waals surface area contributed by atoms with Crippen LogP contribution in [0.1, 0.15) is 35.2 Å². The molecule has 0 aromatic heterocycles. The van der Waals surface area contributed by atoms with Gasteiger partial charge in [0.05, 0.1) is 18.0 Å². The van der Waals surface area contributed by atoms with E-state index in [-0.39, 0.29) is 18.5 Å². The Morgan fingerprint density at radius 1 is 0.909 bits per heavy atom. The van der Waals surface area contributed by atoms with E-state index in [1.165, 1.54) is 5.56 Å². The van der Waals surface area contributed by atoms with Gasteiger partial charge in [-0.3, -0.25) is 9.10 Å². The molecule has 0 bridgehead atoms. The maximum Gasteiger partial charge on any atom is 0.241 e.